The van der Waals surface area contributed by atoms with Crippen LogP contribution in [0.2, 0.25) is 0 Å². The third kappa shape index (κ3) is 5.00. The lowest BCUT2D eigenvalue weighted by molar-refractivity contribution is -0.192. The predicted molar refractivity (Wildman–Crippen MR) is 93.7 cm³/mol. The molecule has 1 aromatic rings. The fourth-order valence-electron chi connectivity index (χ4n) is 3.68. The van der Waals surface area contributed by atoms with E-state index in [9.17, 15) is 21.6 Å². The Morgan fingerprint density at radius 2 is 1.71 bits per heavy atom. The molecule has 3 aliphatic rings. The zero-order chi connectivity index (χ0) is 20.5. The van der Waals surface area contributed by atoms with Crippen molar-refractivity contribution in [2.75, 3.05) is 26.2 Å². The van der Waals surface area contributed by atoms with Gasteiger partial charge in [-0.05, 0) is 36.8 Å². The molecule has 0 amide bonds. The topological polar surface area (TPSA) is 90.8 Å². The van der Waals surface area contributed by atoms with E-state index in [0.717, 1.165) is 51.3 Å². The fourth-order valence-corrected chi connectivity index (χ4v) is 5.63. The van der Waals surface area contributed by atoms with Crippen molar-refractivity contribution in [2.45, 2.75) is 30.8 Å². The Balaban J connectivity index is 0.000000279. The Morgan fingerprint density at radius 3 is 2.14 bits per heavy atom. The van der Waals surface area contributed by atoms with Crippen LogP contribution >= 0.6 is 0 Å². The maximum absolute atomic E-state index is 12.3. The number of aromatic nitrogens is 1. The highest BCUT2D eigenvalue weighted by atomic mass is 32.2. The smallest absolute Gasteiger partial charge is 0.475 e. The van der Waals surface area contributed by atoms with Crippen LogP contribution in [-0.2, 0) is 21.4 Å². The van der Waals surface area contributed by atoms with E-state index in [2.05, 4.69) is 16.0 Å². The molecule has 1 saturated carbocycles. The average molecular weight is 421 g/mol. The lowest BCUT2D eigenvalue weighted by Gasteiger charge is -2.21. The van der Waals surface area contributed by atoms with E-state index < -0.39 is 22.2 Å². The van der Waals surface area contributed by atoms with Gasteiger partial charge in [0.25, 0.3) is 0 Å². The van der Waals surface area contributed by atoms with Gasteiger partial charge < -0.3 is 5.11 Å². The maximum atomic E-state index is 12.3. The number of nitrogens with zero attached hydrogens (tertiary/aromatic N) is 3. The quantitative estimate of drug-likeness (QED) is 0.794. The van der Waals surface area contributed by atoms with Gasteiger partial charge in [0.05, 0.1) is 10.9 Å². The van der Waals surface area contributed by atoms with Crippen LogP contribution in [0, 0.1) is 11.8 Å². The first-order valence-corrected chi connectivity index (χ1v) is 10.5. The Hall–Kier alpha value is -1.72. The van der Waals surface area contributed by atoms with Gasteiger partial charge in [0, 0.05) is 38.9 Å². The number of carboxylic acid groups (broad SMARTS) is 1. The van der Waals surface area contributed by atoms with Crippen molar-refractivity contribution < 1.29 is 31.5 Å². The van der Waals surface area contributed by atoms with E-state index in [0.29, 0.717) is 11.8 Å². The summed E-state index contributed by atoms with van der Waals surface area (Å²) in [4.78, 5) is 15.7. The molecule has 1 N–H and O–H groups in total. The minimum Gasteiger partial charge on any atom is -0.475 e. The van der Waals surface area contributed by atoms with Gasteiger partial charge in [-0.15, -0.1) is 0 Å². The number of aliphatic carboxylic acids is 1. The molecule has 0 bridgehead atoms. The molecule has 2 saturated heterocycles. The van der Waals surface area contributed by atoms with Crippen LogP contribution in [-0.4, -0.2) is 71.3 Å². The number of fused-ring (bicyclic) bond motifs is 1. The first-order valence-electron chi connectivity index (χ1n) is 8.98. The summed E-state index contributed by atoms with van der Waals surface area (Å²) in [6.07, 6.45) is -1.53. The number of likely N-dealkylation sites (tertiary alicyclic amines) is 1. The van der Waals surface area contributed by atoms with Gasteiger partial charge in [-0.25, -0.2) is 17.5 Å². The largest absolute Gasteiger partial charge is 0.490 e. The molecular weight excluding hydrogens is 399 g/mol. The summed E-state index contributed by atoms with van der Waals surface area (Å²) >= 11 is 0. The highest BCUT2D eigenvalue weighted by Crippen LogP contribution is 2.38. The lowest BCUT2D eigenvalue weighted by atomic mass is 10.0. The third-order valence-corrected chi connectivity index (χ3v) is 7.52. The molecule has 0 spiro atoms. The zero-order valence-corrected chi connectivity index (χ0v) is 15.9. The number of carboxylic acids is 1. The van der Waals surface area contributed by atoms with Gasteiger partial charge in [-0.2, -0.15) is 13.2 Å². The third-order valence-electron chi connectivity index (χ3n) is 5.19. The predicted octanol–water partition coefficient (Wildman–Crippen LogP) is 1.57. The first-order chi connectivity index (χ1) is 13.1. The van der Waals surface area contributed by atoms with Crippen molar-refractivity contribution in [3.63, 3.8) is 0 Å². The molecule has 28 heavy (non-hydrogen) atoms. The van der Waals surface area contributed by atoms with Crippen molar-refractivity contribution in [3.8, 4) is 0 Å². The summed E-state index contributed by atoms with van der Waals surface area (Å²) in [5.41, 5.74) is 1.10. The minimum atomic E-state index is -5.08. The van der Waals surface area contributed by atoms with Gasteiger partial charge in [0.1, 0.15) is 0 Å². The summed E-state index contributed by atoms with van der Waals surface area (Å²) in [5.74, 6) is -1.75. The summed E-state index contributed by atoms with van der Waals surface area (Å²) in [6, 6.07) is 6.00. The molecule has 3 heterocycles. The van der Waals surface area contributed by atoms with E-state index in [1.807, 2.05) is 18.3 Å². The van der Waals surface area contributed by atoms with Crippen LogP contribution in [0.15, 0.2) is 24.4 Å². The second-order valence-electron chi connectivity index (χ2n) is 7.40. The highest BCUT2D eigenvalue weighted by molar-refractivity contribution is 7.90. The van der Waals surface area contributed by atoms with Crippen molar-refractivity contribution in [1.29, 1.82) is 0 Å². The number of rotatable bonds is 4. The Bertz CT molecular complexity index is 786. The zero-order valence-electron chi connectivity index (χ0n) is 15.0. The Morgan fingerprint density at radius 1 is 1.14 bits per heavy atom. The number of hydrogen-bond donors (Lipinski definition) is 1. The molecule has 2 aliphatic heterocycles. The van der Waals surface area contributed by atoms with Gasteiger partial charge >= 0.3 is 12.1 Å². The Labute approximate surface area is 161 Å². The summed E-state index contributed by atoms with van der Waals surface area (Å²) < 4.78 is 58.1. The van der Waals surface area contributed by atoms with E-state index in [4.69, 9.17) is 9.90 Å². The highest BCUT2D eigenvalue weighted by Gasteiger charge is 2.48. The Kier molecular flexibility index (Phi) is 5.97. The molecule has 1 aromatic heterocycles. The SMILES string of the molecule is O=C(O)C(F)(F)F.O=S(=O)(C1CC1)N1CC2CN(Cc3ccccn3)CC2C1. The number of halogens is 3. The minimum absolute atomic E-state index is 0.0686. The van der Waals surface area contributed by atoms with Crippen molar-refractivity contribution in [3.05, 3.63) is 30.1 Å². The molecular formula is C17H22F3N3O4S. The molecule has 156 valence electrons. The van der Waals surface area contributed by atoms with Crippen LogP contribution in [0.25, 0.3) is 0 Å². The number of carbonyl (C=O) groups is 1. The molecule has 0 radical (unpaired) electrons. The lowest BCUT2D eigenvalue weighted by Crippen LogP contribution is -2.35. The summed E-state index contributed by atoms with van der Waals surface area (Å²) in [6.45, 7) is 4.32. The standard InChI is InChI=1S/C15H21N3O2S.C2HF3O2/c19-21(20,15-4-5-15)18-9-12-7-17(8-13(12)10-18)11-14-3-1-2-6-16-14;3-2(4,5)1(6)7/h1-3,6,12-13,15H,4-5,7-11H2;(H,6,7). The van der Waals surface area contributed by atoms with E-state index in [1.54, 1.807) is 4.31 Å². The molecule has 11 heteroatoms. The second-order valence-corrected chi connectivity index (χ2v) is 9.61. The summed E-state index contributed by atoms with van der Waals surface area (Å²) in [7, 11) is -2.98. The van der Waals surface area contributed by atoms with Crippen LogP contribution in [0.5, 0.6) is 0 Å². The van der Waals surface area contributed by atoms with Gasteiger partial charge in [-0.1, -0.05) is 6.07 Å². The number of alkyl halides is 3. The number of pyridine rings is 1. The van der Waals surface area contributed by atoms with Crippen LogP contribution in [0.3, 0.4) is 0 Å². The first kappa shape index (κ1) is 21.0. The van der Waals surface area contributed by atoms with Crippen molar-refractivity contribution >= 4 is 16.0 Å². The molecule has 1 aliphatic carbocycles. The molecule has 3 fully saturated rings. The van der Waals surface area contributed by atoms with Gasteiger partial charge in [0.2, 0.25) is 10.0 Å². The monoisotopic (exact) mass is 421 g/mol. The van der Waals surface area contributed by atoms with E-state index in [-0.39, 0.29) is 5.25 Å². The summed E-state index contributed by atoms with van der Waals surface area (Å²) in [5, 5.41) is 7.06. The molecule has 2 atom stereocenters. The molecule has 0 aromatic carbocycles. The average Bonchev–Trinajstić information content (AvgIpc) is 3.30. The normalized spacial score (nSPS) is 25.8. The van der Waals surface area contributed by atoms with E-state index >= 15 is 0 Å². The molecule has 7 nitrogen and oxygen atoms in total. The van der Waals surface area contributed by atoms with Crippen molar-refractivity contribution in [2.24, 2.45) is 11.8 Å². The van der Waals surface area contributed by atoms with Crippen LogP contribution < -0.4 is 0 Å². The van der Waals surface area contributed by atoms with E-state index in [1.165, 1.54) is 0 Å². The van der Waals surface area contributed by atoms with Gasteiger partial charge in [-0.3, -0.25) is 9.88 Å². The molecule has 2 unspecified atom stereocenters. The van der Waals surface area contributed by atoms with Crippen molar-refractivity contribution in [1.82, 2.24) is 14.2 Å². The number of hydrogen-bond acceptors (Lipinski definition) is 5. The van der Waals surface area contributed by atoms with Gasteiger partial charge in [0.15, 0.2) is 0 Å². The maximum Gasteiger partial charge on any atom is 0.490 e. The number of sulfonamides is 1. The molecule has 4 rings (SSSR count). The van der Waals surface area contributed by atoms with Crippen LogP contribution in [0.1, 0.15) is 18.5 Å². The van der Waals surface area contributed by atoms with Crippen LogP contribution in [0.4, 0.5) is 13.2 Å². The fraction of sp³-hybridized carbons (Fsp3) is 0.647. The second kappa shape index (κ2) is 7.96.